The predicted octanol–water partition coefficient (Wildman–Crippen LogP) is 1.90. The molecule has 23 heavy (non-hydrogen) atoms. The summed E-state index contributed by atoms with van der Waals surface area (Å²) in [5.74, 6) is -1.20. The third kappa shape index (κ3) is 11.4. The Bertz CT molecular complexity index is 500. The molecule has 5 nitrogen and oxygen atoms in total. The summed E-state index contributed by atoms with van der Waals surface area (Å²) in [4.78, 5) is 22.2. The van der Waals surface area contributed by atoms with Crippen LogP contribution in [0, 0.1) is 0 Å². The average molecular weight is 362 g/mol. The van der Waals surface area contributed by atoms with Gasteiger partial charge in [0.2, 0.25) is 0 Å². The van der Waals surface area contributed by atoms with Gasteiger partial charge in [-0.15, -0.1) is 0 Å². The first-order valence-electron chi connectivity index (χ1n) is 6.99. The molecule has 3 N–H and O–H groups in total. The van der Waals surface area contributed by atoms with E-state index in [1.54, 1.807) is 0 Å². The van der Waals surface area contributed by atoms with Crippen LogP contribution >= 0.6 is 11.6 Å². The van der Waals surface area contributed by atoms with E-state index < -0.39 is 5.97 Å². The van der Waals surface area contributed by atoms with E-state index in [0.717, 1.165) is 25.7 Å². The van der Waals surface area contributed by atoms with E-state index in [0.29, 0.717) is 18.0 Å². The van der Waals surface area contributed by atoms with Crippen molar-refractivity contribution in [2.24, 2.45) is 0 Å². The number of carbonyl (C=O) groups excluding carboxylic acids is 1. The number of unbranched alkanes of at least 4 members (excludes halogenated alkanes) is 4. The summed E-state index contributed by atoms with van der Waals surface area (Å²) in [6.45, 7) is 0.518. The van der Waals surface area contributed by atoms with Crippen LogP contribution in [0.4, 0.5) is 0 Å². The molecule has 1 aromatic rings. The number of phenolic OH excluding ortho intramolecular Hbond substituents is 1. The fraction of sp³-hybridized carbons (Fsp3) is 0.467. The number of rotatable bonds is 9. The van der Waals surface area contributed by atoms with E-state index in [1.165, 1.54) is 18.2 Å². The molecule has 0 saturated carbocycles. The minimum absolute atomic E-state index is 0. The van der Waals surface area contributed by atoms with Crippen LogP contribution in [0.25, 0.3) is 0 Å². The van der Waals surface area contributed by atoms with Crippen LogP contribution in [-0.4, -0.2) is 87.7 Å². The van der Waals surface area contributed by atoms with Gasteiger partial charge in [-0.3, -0.25) is 9.59 Å². The van der Waals surface area contributed by atoms with Gasteiger partial charge in [-0.25, -0.2) is 0 Å². The summed E-state index contributed by atoms with van der Waals surface area (Å²) in [5, 5.41) is 21.2. The monoisotopic (exact) mass is 361 g/mol. The molecule has 0 unspecified atom stereocenters. The number of carbonyl (C=O) groups is 2. The van der Waals surface area contributed by atoms with Crippen molar-refractivity contribution in [1.29, 1.82) is 0 Å². The molecule has 0 fully saturated rings. The maximum absolute atomic E-state index is 11.8. The summed E-state index contributed by atoms with van der Waals surface area (Å²) < 4.78 is 0. The predicted molar refractivity (Wildman–Crippen MR) is 95.1 cm³/mol. The summed E-state index contributed by atoms with van der Waals surface area (Å²) in [7, 11) is 0. The van der Waals surface area contributed by atoms with Gasteiger partial charge in [-0.05, 0) is 31.0 Å². The van der Waals surface area contributed by atoms with Gasteiger partial charge in [0.25, 0.3) is 5.91 Å². The second-order valence-electron chi connectivity index (χ2n) is 4.83. The van der Waals surface area contributed by atoms with Crippen LogP contribution in [0.3, 0.4) is 0 Å². The molecule has 0 radical (unpaired) electrons. The quantitative estimate of drug-likeness (QED) is 0.463. The van der Waals surface area contributed by atoms with E-state index in [1.807, 2.05) is 0 Å². The van der Waals surface area contributed by atoms with Crippen LogP contribution < -0.4 is 5.32 Å². The first-order chi connectivity index (χ1) is 10.0. The van der Waals surface area contributed by atoms with Crippen molar-refractivity contribution in [2.45, 2.75) is 38.5 Å². The van der Waals surface area contributed by atoms with Gasteiger partial charge in [0, 0.05) is 18.0 Å². The molecule has 0 aliphatic rings. The fourth-order valence-corrected chi connectivity index (χ4v) is 2.09. The molecule has 0 aliphatic heterocycles. The third-order valence-corrected chi connectivity index (χ3v) is 3.29. The zero-order chi connectivity index (χ0) is 15.7. The van der Waals surface area contributed by atoms with Crippen molar-refractivity contribution in [2.75, 3.05) is 6.54 Å². The maximum atomic E-state index is 11.8. The number of aromatic hydroxyl groups is 1. The first kappa shape index (κ1) is 25.5. The van der Waals surface area contributed by atoms with Crippen molar-refractivity contribution in [1.82, 2.24) is 5.32 Å². The molecule has 0 saturated heterocycles. The molecule has 0 aromatic heterocycles. The summed E-state index contributed by atoms with van der Waals surface area (Å²) in [5.41, 5.74) is 0.170. The zero-order valence-corrected chi connectivity index (χ0v) is 12.5. The van der Waals surface area contributed by atoms with Crippen molar-refractivity contribution >= 4 is 82.6 Å². The number of amides is 1. The van der Waals surface area contributed by atoms with E-state index in [4.69, 9.17) is 16.7 Å². The van der Waals surface area contributed by atoms with Gasteiger partial charge < -0.3 is 15.5 Å². The number of aliphatic carboxylic acids is 1. The molecule has 1 rings (SSSR count). The summed E-state index contributed by atoms with van der Waals surface area (Å²) >= 11 is 5.78. The molecular weight excluding hydrogens is 340 g/mol. The number of benzene rings is 1. The Kier molecular flexibility index (Phi) is 16.2. The normalized spacial score (nSPS) is 9.43. The van der Waals surface area contributed by atoms with Gasteiger partial charge in [-0.2, -0.15) is 0 Å². The molecule has 1 aromatic carbocycles. The van der Waals surface area contributed by atoms with Crippen LogP contribution in [0.5, 0.6) is 5.75 Å². The molecule has 120 valence electrons. The number of hydrogen-bond donors (Lipinski definition) is 3. The molecule has 0 aliphatic carbocycles. The van der Waals surface area contributed by atoms with E-state index in [-0.39, 0.29) is 82.8 Å². The van der Waals surface area contributed by atoms with Crippen LogP contribution in [-0.2, 0) is 4.79 Å². The van der Waals surface area contributed by atoms with Gasteiger partial charge >= 0.3 is 65.1 Å². The second-order valence-corrected chi connectivity index (χ2v) is 5.27. The Morgan fingerprint density at radius 3 is 2.30 bits per heavy atom. The van der Waals surface area contributed by atoms with Crippen molar-refractivity contribution in [3.05, 3.63) is 28.8 Å². The number of hydrogen-bond acceptors (Lipinski definition) is 3. The van der Waals surface area contributed by atoms with E-state index >= 15 is 0 Å². The number of halogens is 1. The average Bonchev–Trinajstić information content (AvgIpc) is 2.43. The van der Waals surface area contributed by atoms with Crippen molar-refractivity contribution in [3.63, 3.8) is 0 Å². The number of nitrogens with one attached hydrogen (secondary N) is 1. The van der Waals surface area contributed by atoms with E-state index in [2.05, 4.69) is 5.32 Å². The van der Waals surface area contributed by atoms with Crippen LogP contribution in [0.15, 0.2) is 18.2 Å². The number of phenols is 1. The van der Waals surface area contributed by atoms with Crippen molar-refractivity contribution in [3.8, 4) is 5.75 Å². The first-order valence-corrected chi connectivity index (χ1v) is 7.37. The van der Waals surface area contributed by atoms with Gasteiger partial charge in [0.05, 0.1) is 5.56 Å². The Balaban J connectivity index is 0. The number of carboxylic acid groups (broad SMARTS) is 1. The topological polar surface area (TPSA) is 86.6 Å². The fourth-order valence-electron chi connectivity index (χ4n) is 1.92. The Morgan fingerprint density at radius 1 is 1.04 bits per heavy atom. The molecule has 8 heteroatoms. The molecular formula is C15H22ClNNa2O4. The van der Waals surface area contributed by atoms with Gasteiger partial charge in [-0.1, -0.05) is 30.9 Å². The van der Waals surface area contributed by atoms with Gasteiger partial charge in [0.1, 0.15) is 5.75 Å². The SMILES string of the molecule is O=C(O)CCCCCCCNC(=O)c1cc(Cl)ccc1O.[NaH].[NaH]. The standard InChI is InChI=1S/C15H20ClNO4.2Na.2H/c16-11-7-8-13(18)12(10-11)15(21)17-9-5-3-1-2-4-6-14(19)20;;;;/h7-8,10,18H,1-6,9H2,(H,17,21)(H,19,20);;;;. The Morgan fingerprint density at radius 2 is 1.65 bits per heavy atom. The van der Waals surface area contributed by atoms with E-state index in [9.17, 15) is 14.7 Å². The zero-order valence-electron chi connectivity index (χ0n) is 11.8. The van der Waals surface area contributed by atoms with Crippen molar-refractivity contribution < 1.29 is 19.8 Å². The second kappa shape index (κ2) is 14.6. The molecule has 0 heterocycles. The number of carboxylic acids is 1. The van der Waals surface area contributed by atoms with Gasteiger partial charge in [0.15, 0.2) is 0 Å². The molecule has 1 amide bonds. The Hall–Kier alpha value is 0.250. The third-order valence-electron chi connectivity index (χ3n) is 3.06. The minimum atomic E-state index is -0.761. The summed E-state index contributed by atoms with van der Waals surface area (Å²) in [6.07, 6.45) is 4.49. The summed E-state index contributed by atoms with van der Waals surface area (Å²) in [6, 6.07) is 4.34. The molecule has 0 bridgehead atoms. The van der Waals surface area contributed by atoms with Crippen LogP contribution in [0.2, 0.25) is 5.02 Å². The van der Waals surface area contributed by atoms with Crippen LogP contribution in [0.1, 0.15) is 48.9 Å². The molecule has 0 spiro atoms. The Labute approximate surface area is 185 Å². The molecule has 0 atom stereocenters.